The molecule has 1 fully saturated rings. The molecule has 1 aromatic heterocycles. The molecule has 21 heavy (non-hydrogen) atoms. The minimum absolute atomic E-state index is 0.186. The number of carbonyl (C=O) groups excluding carboxylic acids is 1. The van der Waals surface area contributed by atoms with Crippen LogP contribution >= 0.6 is 23.2 Å². The number of hydrogen-bond acceptors (Lipinski definition) is 4. The second-order valence-corrected chi connectivity index (χ2v) is 7.54. The predicted octanol–water partition coefficient (Wildman–Crippen LogP) is 1.54. The number of rotatable bonds is 3. The molecule has 1 aliphatic rings. The summed E-state index contributed by atoms with van der Waals surface area (Å²) in [5.41, 5.74) is 0.275. The summed E-state index contributed by atoms with van der Waals surface area (Å²) in [7, 11) is -3.30. The van der Waals surface area contributed by atoms with E-state index in [-0.39, 0.29) is 27.7 Å². The van der Waals surface area contributed by atoms with Crippen molar-refractivity contribution in [3.05, 3.63) is 28.0 Å². The Morgan fingerprint density at radius 1 is 1.48 bits per heavy atom. The maximum absolute atomic E-state index is 12.5. The standard InChI is InChI=1S/C12H15Cl2N3O3S/c1-21(19,20)16-8-3-2-4-17(7-8)12(18)9-5-11(14)15-6-10(9)13/h5-6,8,16H,2-4,7H2,1H3. The van der Waals surface area contributed by atoms with Crippen LogP contribution in [0.25, 0.3) is 0 Å². The fraction of sp³-hybridized carbons (Fsp3) is 0.500. The molecule has 1 N–H and O–H groups in total. The summed E-state index contributed by atoms with van der Waals surface area (Å²) < 4.78 is 25.1. The smallest absolute Gasteiger partial charge is 0.255 e. The summed E-state index contributed by atoms with van der Waals surface area (Å²) in [6.45, 7) is 0.860. The van der Waals surface area contributed by atoms with E-state index in [0.29, 0.717) is 19.5 Å². The van der Waals surface area contributed by atoms with Crippen LogP contribution in [0.2, 0.25) is 10.2 Å². The zero-order valence-electron chi connectivity index (χ0n) is 11.3. The Morgan fingerprint density at radius 3 is 2.86 bits per heavy atom. The molecule has 1 aromatic rings. The van der Waals surface area contributed by atoms with Crippen LogP contribution in [0.15, 0.2) is 12.3 Å². The second-order valence-electron chi connectivity index (χ2n) is 4.97. The van der Waals surface area contributed by atoms with E-state index in [1.54, 1.807) is 4.90 Å². The summed E-state index contributed by atoms with van der Waals surface area (Å²) >= 11 is 11.8. The summed E-state index contributed by atoms with van der Waals surface area (Å²) in [4.78, 5) is 17.8. The van der Waals surface area contributed by atoms with Crippen LogP contribution in [0.4, 0.5) is 0 Å². The first-order valence-corrected chi connectivity index (χ1v) is 8.98. The van der Waals surface area contributed by atoms with E-state index in [0.717, 1.165) is 12.7 Å². The van der Waals surface area contributed by atoms with E-state index in [1.807, 2.05) is 0 Å². The number of pyridine rings is 1. The van der Waals surface area contributed by atoms with Crippen LogP contribution < -0.4 is 4.72 Å². The lowest BCUT2D eigenvalue weighted by Crippen LogP contribution is -2.49. The number of sulfonamides is 1. The van der Waals surface area contributed by atoms with Gasteiger partial charge in [-0.3, -0.25) is 4.79 Å². The molecular formula is C12H15Cl2N3O3S. The summed E-state index contributed by atoms with van der Waals surface area (Å²) in [5.74, 6) is -0.274. The van der Waals surface area contributed by atoms with Gasteiger partial charge in [0, 0.05) is 25.3 Å². The van der Waals surface area contributed by atoms with Gasteiger partial charge in [0.05, 0.1) is 16.8 Å². The van der Waals surface area contributed by atoms with E-state index < -0.39 is 10.0 Å². The second kappa shape index (κ2) is 6.48. The Morgan fingerprint density at radius 2 is 2.19 bits per heavy atom. The molecule has 1 unspecified atom stereocenters. The lowest BCUT2D eigenvalue weighted by atomic mass is 10.1. The highest BCUT2D eigenvalue weighted by Crippen LogP contribution is 2.22. The van der Waals surface area contributed by atoms with E-state index in [9.17, 15) is 13.2 Å². The van der Waals surface area contributed by atoms with Gasteiger partial charge >= 0.3 is 0 Å². The van der Waals surface area contributed by atoms with Crippen LogP contribution in [-0.4, -0.2) is 49.6 Å². The average molecular weight is 352 g/mol. The van der Waals surface area contributed by atoms with E-state index >= 15 is 0 Å². The maximum Gasteiger partial charge on any atom is 0.255 e. The zero-order valence-corrected chi connectivity index (χ0v) is 13.7. The van der Waals surface area contributed by atoms with Crippen molar-refractivity contribution in [2.45, 2.75) is 18.9 Å². The molecule has 1 aliphatic heterocycles. The number of halogens is 2. The number of amides is 1. The fourth-order valence-electron chi connectivity index (χ4n) is 2.31. The molecule has 1 amide bonds. The van der Waals surface area contributed by atoms with Crippen molar-refractivity contribution in [2.75, 3.05) is 19.3 Å². The minimum atomic E-state index is -3.30. The number of likely N-dealkylation sites (tertiary alicyclic amines) is 1. The highest BCUT2D eigenvalue weighted by molar-refractivity contribution is 7.88. The zero-order chi connectivity index (χ0) is 15.6. The molecule has 2 heterocycles. The van der Waals surface area contributed by atoms with Crippen LogP contribution in [-0.2, 0) is 10.0 Å². The first-order valence-electron chi connectivity index (χ1n) is 6.34. The quantitative estimate of drug-likeness (QED) is 0.837. The van der Waals surface area contributed by atoms with E-state index in [1.165, 1.54) is 12.3 Å². The van der Waals surface area contributed by atoms with Gasteiger partial charge in [-0.1, -0.05) is 23.2 Å². The van der Waals surface area contributed by atoms with Gasteiger partial charge < -0.3 is 4.90 Å². The molecule has 0 bridgehead atoms. The van der Waals surface area contributed by atoms with E-state index in [4.69, 9.17) is 23.2 Å². The molecule has 6 nitrogen and oxygen atoms in total. The Hall–Kier alpha value is -0.890. The van der Waals surface area contributed by atoms with Gasteiger partial charge in [-0.15, -0.1) is 0 Å². The number of carbonyl (C=O) groups is 1. The fourth-order valence-corrected chi connectivity index (χ4v) is 3.45. The van der Waals surface area contributed by atoms with Crippen molar-refractivity contribution in [3.63, 3.8) is 0 Å². The normalized spacial score (nSPS) is 19.6. The third-order valence-electron chi connectivity index (χ3n) is 3.14. The highest BCUT2D eigenvalue weighted by atomic mass is 35.5. The molecule has 0 spiro atoms. The van der Waals surface area contributed by atoms with Crippen molar-refractivity contribution in [1.29, 1.82) is 0 Å². The molecule has 0 saturated carbocycles. The minimum Gasteiger partial charge on any atom is -0.337 e. The van der Waals surface area contributed by atoms with Gasteiger partial charge in [-0.05, 0) is 18.9 Å². The van der Waals surface area contributed by atoms with Gasteiger partial charge in [0.1, 0.15) is 5.15 Å². The van der Waals surface area contributed by atoms with Crippen molar-refractivity contribution < 1.29 is 13.2 Å². The third-order valence-corrected chi connectivity index (χ3v) is 4.41. The third kappa shape index (κ3) is 4.54. The first-order chi connectivity index (χ1) is 9.76. The van der Waals surface area contributed by atoms with Gasteiger partial charge in [0.15, 0.2) is 0 Å². The maximum atomic E-state index is 12.5. The molecular weight excluding hydrogens is 337 g/mol. The Balaban J connectivity index is 2.14. The molecule has 0 aromatic carbocycles. The van der Waals surface area contributed by atoms with Gasteiger partial charge in [-0.2, -0.15) is 0 Å². The summed E-state index contributed by atoms with van der Waals surface area (Å²) in [5, 5.41) is 0.410. The van der Waals surface area contributed by atoms with Crippen LogP contribution in [0.1, 0.15) is 23.2 Å². The number of nitrogens with zero attached hydrogens (tertiary/aromatic N) is 2. The Labute approximate surface area is 133 Å². The van der Waals surface area contributed by atoms with Crippen LogP contribution in [0.3, 0.4) is 0 Å². The lowest BCUT2D eigenvalue weighted by Gasteiger charge is -2.33. The SMILES string of the molecule is CS(=O)(=O)NC1CCCN(C(=O)c2cc(Cl)ncc2Cl)C1. The number of hydrogen-bond donors (Lipinski definition) is 1. The van der Waals surface area contributed by atoms with Crippen molar-refractivity contribution in [1.82, 2.24) is 14.6 Å². The molecule has 1 saturated heterocycles. The van der Waals surface area contributed by atoms with Crippen molar-refractivity contribution in [2.24, 2.45) is 0 Å². The Bertz CT molecular complexity index is 651. The first kappa shape index (κ1) is 16.5. The number of piperidine rings is 1. The lowest BCUT2D eigenvalue weighted by molar-refractivity contribution is 0.0703. The van der Waals surface area contributed by atoms with Gasteiger partial charge in [0.25, 0.3) is 5.91 Å². The molecule has 2 rings (SSSR count). The van der Waals surface area contributed by atoms with Gasteiger partial charge in [-0.25, -0.2) is 18.1 Å². The van der Waals surface area contributed by atoms with Crippen LogP contribution in [0, 0.1) is 0 Å². The largest absolute Gasteiger partial charge is 0.337 e. The molecule has 0 aliphatic carbocycles. The average Bonchev–Trinajstić information content (AvgIpc) is 2.39. The highest BCUT2D eigenvalue weighted by Gasteiger charge is 2.27. The number of aromatic nitrogens is 1. The van der Waals surface area contributed by atoms with Gasteiger partial charge in [0.2, 0.25) is 10.0 Å². The molecule has 116 valence electrons. The van der Waals surface area contributed by atoms with Crippen molar-refractivity contribution in [3.8, 4) is 0 Å². The predicted molar refractivity (Wildman–Crippen MR) is 81.2 cm³/mol. The summed E-state index contributed by atoms with van der Waals surface area (Å²) in [6, 6.07) is 1.13. The molecule has 1 atom stereocenters. The number of nitrogens with one attached hydrogen (secondary N) is 1. The Kier molecular flexibility index (Phi) is 5.08. The molecule has 0 radical (unpaired) electrons. The topological polar surface area (TPSA) is 79.4 Å². The molecule has 9 heteroatoms. The van der Waals surface area contributed by atoms with Crippen molar-refractivity contribution >= 4 is 39.1 Å². The summed E-state index contributed by atoms with van der Waals surface area (Å²) in [6.07, 6.45) is 3.84. The monoisotopic (exact) mass is 351 g/mol. The van der Waals surface area contributed by atoms with Crippen LogP contribution in [0.5, 0.6) is 0 Å². The van der Waals surface area contributed by atoms with E-state index in [2.05, 4.69) is 9.71 Å².